The number of H-pyrrole nitrogens is 1. The summed E-state index contributed by atoms with van der Waals surface area (Å²) in [6, 6.07) is 3.95. The number of hydrogen-bond acceptors (Lipinski definition) is 6. The molecule has 3 N–H and O–H groups in total. The zero-order valence-corrected chi connectivity index (χ0v) is 16.1. The maximum atomic E-state index is 13.5. The van der Waals surface area contributed by atoms with Crippen LogP contribution in [-0.2, 0) is 5.75 Å². The average molecular weight is 365 g/mol. The summed E-state index contributed by atoms with van der Waals surface area (Å²) >= 11 is 2.13. The number of nitrogens with two attached hydrogens (primary N) is 1. The van der Waals surface area contributed by atoms with Gasteiger partial charge in [-0.2, -0.15) is 0 Å². The molecule has 2 aromatic heterocycles. The zero-order valence-electron chi connectivity index (χ0n) is 11.4. The van der Waals surface area contributed by atoms with Crippen molar-refractivity contribution in [1.29, 1.82) is 0 Å². The number of nitrogens with zero attached hydrogens (tertiary/aromatic N) is 2. The van der Waals surface area contributed by atoms with Gasteiger partial charge in [0.1, 0.15) is 4.70 Å². The van der Waals surface area contributed by atoms with E-state index in [4.69, 9.17) is 5.73 Å². The predicted molar refractivity (Wildman–Crippen MR) is 84.1 cm³/mol. The molecule has 3 rings (SSSR count). The van der Waals surface area contributed by atoms with Crippen molar-refractivity contribution in [3.05, 3.63) is 45.8 Å². The third kappa shape index (κ3) is 3.75. The third-order valence-corrected chi connectivity index (χ3v) is 4.45. The molecular weight excluding hydrogens is 357 g/mol. The van der Waals surface area contributed by atoms with E-state index in [9.17, 15) is 13.6 Å². The number of aromatic amines is 1. The number of nitrogens with one attached hydrogen (secondary N) is 1. The predicted octanol–water partition coefficient (Wildman–Crippen LogP) is 2.15. The van der Waals surface area contributed by atoms with Crippen LogP contribution in [0.5, 0.6) is 0 Å². The van der Waals surface area contributed by atoms with E-state index in [0.29, 0.717) is 4.70 Å². The van der Waals surface area contributed by atoms with Crippen molar-refractivity contribution in [2.45, 2.75) is 10.9 Å². The summed E-state index contributed by atoms with van der Waals surface area (Å²) in [6.45, 7) is 0. The van der Waals surface area contributed by atoms with Gasteiger partial charge in [-0.25, -0.2) is 18.7 Å². The Morgan fingerprint density at radius 1 is 1.32 bits per heavy atom. The Bertz CT molecular complexity index is 883. The third-order valence-electron chi connectivity index (χ3n) is 2.66. The van der Waals surface area contributed by atoms with Gasteiger partial charge in [0.15, 0.2) is 27.6 Å². The molecule has 1 aromatic carbocycles. The van der Waals surface area contributed by atoms with Crippen molar-refractivity contribution >= 4 is 90.0 Å². The molecule has 0 amide bonds. The molecule has 0 saturated carbocycles. The smallest absolute Gasteiger partial charge is 0.271 e. The van der Waals surface area contributed by atoms with Crippen LogP contribution in [0.25, 0.3) is 10.3 Å². The number of nitrogen functional groups attached to an aromatic ring is 1. The van der Waals surface area contributed by atoms with Crippen molar-refractivity contribution < 1.29 is 8.78 Å². The molecule has 0 aliphatic rings. The Labute approximate surface area is 174 Å². The monoisotopic (exact) mass is 365 g/mol. The number of thioether (sulfide) groups is 1. The summed E-state index contributed by atoms with van der Waals surface area (Å²) in [4.78, 5) is 22.5. The van der Waals surface area contributed by atoms with Crippen LogP contribution in [0.1, 0.15) is 5.56 Å². The number of aromatic nitrogens is 3. The molecule has 0 unspecified atom stereocenters. The molecule has 0 aliphatic heterocycles. The molecule has 10 heteroatoms. The van der Waals surface area contributed by atoms with Gasteiger partial charge in [0.05, 0.1) is 0 Å². The molecule has 5 nitrogen and oxygen atoms in total. The van der Waals surface area contributed by atoms with E-state index in [-0.39, 0.29) is 84.2 Å². The number of benzene rings is 1. The molecule has 22 heavy (non-hydrogen) atoms. The Balaban J connectivity index is 0.00000176. The summed E-state index contributed by atoms with van der Waals surface area (Å²) in [5, 5.41) is 0.530. The molecule has 1 radical (unpaired) electrons. The van der Waals surface area contributed by atoms with Crippen molar-refractivity contribution in [1.82, 2.24) is 15.0 Å². The Hall–Kier alpha value is -0.364. The normalized spacial score (nSPS) is 10.6. The van der Waals surface area contributed by atoms with Crippen LogP contribution in [0.3, 0.4) is 0 Å². The second kappa shape index (κ2) is 7.47. The van der Waals surface area contributed by atoms with E-state index >= 15 is 0 Å². The second-order valence-corrected chi connectivity index (χ2v) is 6.07. The van der Waals surface area contributed by atoms with Crippen LogP contribution >= 0.6 is 23.1 Å². The van der Waals surface area contributed by atoms with Gasteiger partial charge in [-0.05, 0) is 6.07 Å². The minimum absolute atomic E-state index is 0. The molecule has 3 aromatic rings. The Morgan fingerprint density at radius 3 is 2.86 bits per heavy atom. The fourth-order valence-electron chi connectivity index (χ4n) is 1.70. The van der Waals surface area contributed by atoms with Gasteiger partial charge in [0, 0.05) is 62.7 Å². The molecule has 2 heterocycles. The first kappa shape index (κ1) is 18.0. The first-order chi connectivity index (χ1) is 10.0. The molecule has 0 bridgehead atoms. The largest absolute Gasteiger partial charge is 0.375 e. The van der Waals surface area contributed by atoms with Crippen LogP contribution < -0.4 is 11.3 Å². The van der Waals surface area contributed by atoms with E-state index in [1.54, 1.807) is 0 Å². The maximum absolute atomic E-state index is 13.5. The van der Waals surface area contributed by atoms with Crippen LogP contribution in [0.2, 0.25) is 0 Å². The van der Waals surface area contributed by atoms with Gasteiger partial charge in [0.2, 0.25) is 0 Å². The molecule has 109 valence electrons. The van der Waals surface area contributed by atoms with Gasteiger partial charge < -0.3 is 10.7 Å². The summed E-state index contributed by atoms with van der Waals surface area (Å²) in [6.07, 6.45) is 0. The standard InChI is InChI=1S/C12H8F2N4OS2.K/c13-6-3-1-2-5(7(6)14)4-20-12-17-9-8(10(19)18-12)21-11(15)16-9;/h1-3H,4H2,(H3,15,16,17,18,19);. The summed E-state index contributed by atoms with van der Waals surface area (Å²) in [5.41, 5.74) is 5.63. The van der Waals surface area contributed by atoms with E-state index in [1.165, 1.54) is 12.1 Å². The van der Waals surface area contributed by atoms with Gasteiger partial charge in [-0.15, -0.1) is 0 Å². The Kier molecular flexibility index (Phi) is 6.11. The van der Waals surface area contributed by atoms with Gasteiger partial charge >= 0.3 is 0 Å². The van der Waals surface area contributed by atoms with Gasteiger partial charge in [-0.3, -0.25) is 4.79 Å². The fraction of sp³-hybridized carbons (Fsp3) is 0.0833. The van der Waals surface area contributed by atoms with E-state index in [2.05, 4.69) is 15.0 Å². The number of rotatable bonds is 3. The van der Waals surface area contributed by atoms with Crippen LogP contribution in [0, 0.1) is 11.6 Å². The number of halogens is 2. The topological polar surface area (TPSA) is 84.7 Å². The van der Waals surface area contributed by atoms with E-state index in [1.807, 2.05) is 0 Å². The van der Waals surface area contributed by atoms with Crippen LogP contribution in [0.15, 0.2) is 28.2 Å². The van der Waals surface area contributed by atoms with Gasteiger partial charge in [-0.1, -0.05) is 35.2 Å². The zero-order chi connectivity index (χ0) is 15.0. The fourth-order valence-corrected chi connectivity index (χ4v) is 3.20. The van der Waals surface area contributed by atoms with Crippen LogP contribution in [-0.4, -0.2) is 66.3 Å². The average Bonchev–Trinajstić information content (AvgIpc) is 2.81. The molecule has 0 atom stereocenters. The van der Waals surface area contributed by atoms with Crippen molar-refractivity contribution in [2.24, 2.45) is 0 Å². The van der Waals surface area contributed by atoms with Crippen molar-refractivity contribution in [3.8, 4) is 0 Å². The number of fused-ring (bicyclic) bond motifs is 1. The first-order valence-electron chi connectivity index (χ1n) is 5.76. The number of thiazole rings is 1. The van der Waals surface area contributed by atoms with Crippen molar-refractivity contribution in [3.63, 3.8) is 0 Å². The number of anilines is 1. The minimum atomic E-state index is -0.905. The molecule has 0 aliphatic carbocycles. The molecule has 0 saturated heterocycles. The summed E-state index contributed by atoms with van der Waals surface area (Å²) < 4.78 is 27.0. The minimum Gasteiger partial charge on any atom is -0.375 e. The van der Waals surface area contributed by atoms with Gasteiger partial charge in [0.25, 0.3) is 5.56 Å². The SMILES string of the molecule is Nc1nc2nc(SCc3cccc(F)c3F)[nH]c(=O)c2s1.[K]. The molecular formula is C12H8F2KN4OS2. The summed E-state index contributed by atoms with van der Waals surface area (Å²) in [7, 11) is 0. The van der Waals surface area contributed by atoms with E-state index in [0.717, 1.165) is 29.2 Å². The summed E-state index contributed by atoms with van der Waals surface area (Å²) in [5.74, 6) is -1.67. The van der Waals surface area contributed by atoms with E-state index < -0.39 is 11.6 Å². The second-order valence-electron chi connectivity index (χ2n) is 4.08. The number of hydrogen-bond donors (Lipinski definition) is 2. The maximum Gasteiger partial charge on any atom is 0.271 e. The van der Waals surface area contributed by atoms with Crippen LogP contribution in [0.4, 0.5) is 13.9 Å². The quantitative estimate of drug-likeness (QED) is 0.422. The molecule has 0 spiro atoms. The molecule has 0 fully saturated rings. The Morgan fingerprint density at radius 2 is 2.09 bits per heavy atom. The first-order valence-corrected chi connectivity index (χ1v) is 7.57. The van der Waals surface area contributed by atoms with Crippen molar-refractivity contribution in [2.75, 3.05) is 5.73 Å².